The molecule has 4 fully saturated rings. The van der Waals surface area contributed by atoms with Crippen LogP contribution >= 0.6 is 11.3 Å². The van der Waals surface area contributed by atoms with Crippen LogP contribution in [0.3, 0.4) is 0 Å². The third-order valence-electron chi connectivity index (χ3n) is 10.1. The van der Waals surface area contributed by atoms with E-state index >= 15 is 0 Å². The highest BCUT2D eigenvalue weighted by Crippen LogP contribution is 2.68. The van der Waals surface area contributed by atoms with Crippen molar-refractivity contribution in [1.82, 2.24) is 24.8 Å². The second-order valence-electron chi connectivity index (χ2n) is 13.3. The number of likely N-dealkylation sites (tertiary alicyclic amines) is 1. The molecule has 1 saturated heterocycles. The fourth-order valence-electron chi connectivity index (χ4n) is 7.97. The Hall–Kier alpha value is -3.69. The SMILES string of the molecule is CCc1nc(NC2CCN(Cc3ccc4c(cc(C#N)n4CC45CC(NC=O)(C4)C5)c3C)CC2)c2cc(CC(F)(F)F)sc2n1. The lowest BCUT2D eigenvalue weighted by molar-refractivity contribution is -0.166. The van der Waals surface area contributed by atoms with E-state index in [9.17, 15) is 23.2 Å². The van der Waals surface area contributed by atoms with Gasteiger partial charge in [-0.05, 0) is 73.8 Å². The molecule has 0 radical (unpaired) electrons. The second kappa shape index (κ2) is 11.0. The first-order valence-electron chi connectivity index (χ1n) is 15.6. The predicted molar refractivity (Wildman–Crippen MR) is 168 cm³/mol. The number of hydrogen-bond acceptors (Lipinski definition) is 7. The van der Waals surface area contributed by atoms with E-state index in [-0.39, 0.29) is 21.9 Å². The first-order chi connectivity index (χ1) is 21.5. The molecule has 0 spiro atoms. The average Bonchev–Trinajstić information content (AvgIpc) is 3.53. The molecule has 4 aliphatic rings. The Kier molecular flexibility index (Phi) is 7.32. The maximum absolute atomic E-state index is 13.1. The Balaban J connectivity index is 1.02. The Morgan fingerprint density at radius 2 is 1.91 bits per heavy atom. The summed E-state index contributed by atoms with van der Waals surface area (Å²) >= 11 is 1.09. The molecular weight excluding hydrogens is 599 g/mol. The summed E-state index contributed by atoms with van der Waals surface area (Å²) in [6.45, 7) is 7.47. The average molecular weight is 636 g/mol. The van der Waals surface area contributed by atoms with Crippen LogP contribution in [0, 0.1) is 23.7 Å². The lowest BCUT2D eigenvalue weighted by Gasteiger charge is -2.70. The molecule has 236 valence electrons. The maximum atomic E-state index is 13.1. The van der Waals surface area contributed by atoms with Gasteiger partial charge in [-0.25, -0.2) is 9.97 Å². The van der Waals surface area contributed by atoms with E-state index < -0.39 is 12.6 Å². The molecule has 0 atom stereocenters. The molecule has 1 amide bonds. The monoisotopic (exact) mass is 635 g/mol. The van der Waals surface area contributed by atoms with Gasteiger partial charge in [0.1, 0.15) is 28.2 Å². The van der Waals surface area contributed by atoms with Gasteiger partial charge in [-0.2, -0.15) is 18.4 Å². The van der Waals surface area contributed by atoms with Crippen LogP contribution in [0.2, 0.25) is 0 Å². The van der Waals surface area contributed by atoms with Gasteiger partial charge < -0.3 is 15.2 Å². The summed E-state index contributed by atoms with van der Waals surface area (Å²) in [4.78, 5) is 23.4. The summed E-state index contributed by atoms with van der Waals surface area (Å²) in [7, 11) is 0. The highest BCUT2D eigenvalue weighted by Gasteiger charge is 2.67. The Morgan fingerprint density at radius 3 is 2.58 bits per heavy atom. The number of nitrogens with one attached hydrogen (secondary N) is 2. The number of hydrogen-bond donors (Lipinski definition) is 2. The first-order valence-corrected chi connectivity index (χ1v) is 16.4. The summed E-state index contributed by atoms with van der Waals surface area (Å²) in [5.41, 5.74) is 4.36. The number of nitrogens with zero attached hydrogens (tertiary/aromatic N) is 5. The molecule has 3 aliphatic carbocycles. The molecule has 2 N–H and O–H groups in total. The number of carbonyl (C=O) groups excluding carboxylic acids is 1. The highest BCUT2D eigenvalue weighted by atomic mass is 32.1. The molecule has 12 heteroatoms. The molecular formula is C33H36F3N7OS. The van der Waals surface area contributed by atoms with Crippen LogP contribution in [-0.4, -0.2) is 56.7 Å². The summed E-state index contributed by atoms with van der Waals surface area (Å²) < 4.78 is 41.3. The van der Waals surface area contributed by atoms with Crippen molar-refractivity contribution >= 4 is 44.7 Å². The topological polar surface area (TPSA) is 98.9 Å². The van der Waals surface area contributed by atoms with Crippen molar-refractivity contribution in [3.63, 3.8) is 0 Å². The number of nitriles is 1. The number of piperidine rings is 1. The van der Waals surface area contributed by atoms with Crippen molar-refractivity contribution in [2.45, 2.75) is 89.6 Å². The van der Waals surface area contributed by atoms with E-state index in [1.165, 1.54) is 11.1 Å². The number of benzene rings is 1. The van der Waals surface area contributed by atoms with E-state index in [0.717, 1.165) is 86.9 Å². The number of rotatable bonds is 10. The number of alkyl halides is 3. The predicted octanol–water partition coefficient (Wildman–Crippen LogP) is 6.24. The second-order valence-corrected chi connectivity index (χ2v) is 14.5. The molecule has 8 nitrogen and oxygen atoms in total. The third kappa shape index (κ3) is 5.54. The van der Waals surface area contributed by atoms with Gasteiger partial charge >= 0.3 is 6.18 Å². The van der Waals surface area contributed by atoms with Gasteiger partial charge in [0.2, 0.25) is 6.41 Å². The summed E-state index contributed by atoms with van der Waals surface area (Å²) in [5.74, 6) is 1.26. The fraction of sp³-hybridized carbons (Fsp3) is 0.515. The molecule has 3 saturated carbocycles. The zero-order chi connectivity index (χ0) is 31.6. The highest BCUT2D eigenvalue weighted by molar-refractivity contribution is 7.18. The number of carbonyl (C=O) groups is 1. The molecule has 4 heterocycles. The quantitative estimate of drug-likeness (QED) is 0.200. The van der Waals surface area contributed by atoms with Crippen LogP contribution < -0.4 is 10.6 Å². The summed E-state index contributed by atoms with van der Waals surface area (Å²) in [6.07, 6.45) is 0.903. The zero-order valence-electron chi connectivity index (χ0n) is 25.4. The van der Waals surface area contributed by atoms with E-state index in [1.54, 1.807) is 6.07 Å². The van der Waals surface area contributed by atoms with Gasteiger partial charge in [-0.3, -0.25) is 9.69 Å². The van der Waals surface area contributed by atoms with Crippen LogP contribution in [-0.2, 0) is 30.7 Å². The lowest BCUT2D eigenvalue weighted by Crippen LogP contribution is -2.74. The van der Waals surface area contributed by atoms with Crippen LogP contribution in [0.15, 0.2) is 24.3 Å². The Morgan fingerprint density at radius 1 is 1.16 bits per heavy atom. The van der Waals surface area contributed by atoms with Crippen LogP contribution in [0.25, 0.3) is 21.1 Å². The zero-order valence-corrected chi connectivity index (χ0v) is 26.2. The van der Waals surface area contributed by atoms with E-state index in [4.69, 9.17) is 0 Å². The Labute approximate surface area is 263 Å². The number of aryl methyl sites for hydroxylation is 2. The molecule has 4 aromatic rings. The number of halogens is 3. The van der Waals surface area contributed by atoms with Crippen LogP contribution in [0.5, 0.6) is 0 Å². The van der Waals surface area contributed by atoms with E-state index in [1.807, 2.05) is 13.0 Å². The first kappa shape index (κ1) is 30.0. The van der Waals surface area contributed by atoms with Gasteiger partial charge in [0.15, 0.2) is 0 Å². The number of anilines is 1. The van der Waals surface area contributed by atoms with Gasteiger partial charge in [-0.1, -0.05) is 13.0 Å². The van der Waals surface area contributed by atoms with Gasteiger partial charge in [0.25, 0.3) is 0 Å². The smallest absolute Gasteiger partial charge is 0.367 e. The largest absolute Gasteiger partial charge is 0.393 e. The van der Waals surface area contributed by atoms with Crippen LogP contribution in [0.1, 0.15) is 66.6 Å². The van der Waals surface area contributed by atoms with Crippen molar-refractivity contribution in [3.05, 3.63) is 51.8 Å². The van der Waals surface area contributed by atoms with E-state index in [2.05, 4.69) is 55.2 Å². The number of fused-ring (bicyclic) bond motifs is 2. The number of amides is 1. The van der Waals surface area contributed by atoms with Gasteiger partial charge in [0, 0.05) is 60.0 Å². The van der Waals surface area contributed by atoms with Crippen molar-refractivity contribution in [1.29, 1.82) is 5.26 Å². The van der Waals surface area contributed by atoms with Gasteiger partial charge in [-0.15, -0.1) is 11.3 Å². The number of aromatic nitrogens is 3. The minimum atomic E-state index is -4.26. The standard InChI is InChI=1S/C33H36F3N7OS/c1-3-28-40-29(26-11-24(12-33(34,35)36)45-30(26)41-28)39-22-6-8-42(9-7-22)14-21-4-5-27-25(20(21)2)10-23(13-37)43(27)18-31-15-32(16-31,17-31)38-19-44/h4-5,10-11,19,22H,3,6-9,12,14-18H2,1-2H3,(H,38,44)(H,39,40,41). The Bertz CT molecular complexity index is 1810. The number of thiophene rings is 1. The minimum absolute atomic E-state index is 0.0207. The lowest BCUT2D eigenvalue weighted by atomic mass is 9.39. The third-order valence-corrected chi connectivity index (χ3v) is 11.1. The molecule has 2 bridgehead atoms. The summed E-state index contributed by atoms with van der Waals surface area (Å²) in [6, 6.07) is 10.5. The molecule has 1 aliphatic heterocycles. The van der Waals surface area contributed by atoms with Crippen molar-refractivity contribution in [2.24, 2.45) is 5.41 Å². The van der Waals surface area contributed by atoms with E-state index in [0.29, 0.717) is 34.0 Å². The van der Waals surface area contributed by atoms with Crippen LogP contribution in [0.4, 0.5) is 19.0 Å². The minimum Gasteiger partial charge on any atom is -0.367 e. The maximum Gasteiger partial charge on any atom is 0.393 e. The molecule has 0 unspecified atom stereocenters. The molecule has 45 heavy (non-hydrogen) atoms. The molecule has 3 aromatic heterocycles. The summed E-state index contributed by atoms with van der Waals surface area (Å²) in [5, 5.41) is 18.3. The molecule has 1 aromatic carbocycles. The van der Waals surface area contributed by atoms with Crippen molar-refractivity contribution in [2.75, 3.05) is 18.4 Å². The van der Waals surface area contributed by atoms with Crippen molar-refractivity contribution < 1.29 is 18.0 Å². The van der Waals surface area contributed by atoms with Crippen molar-refractivity contribution in [3.8, 4) is 6.07 Å². The normalized spacial score (nSPS) is 23.5. The van der Waals surface area contributed by atoms with Gasteiger partial charge in [0.05, 0.1) is 11.8 Å². The molecule has 8 rings (SSSR count). The fourth-order valence-corrected chi connectivity index (χ4v) is 9.05.